The Morgan fingerprint density at radius 2 is 1.71 bits per heavy atom. The van der Waals surface area contributed by atoms with Gasteiger partial charge in [0.05, 0.1) is 0 Å². The molecule has 8 nitrogen and oxygen atoms in total. The molecule has 0 radical (unpaired) electrons. The number of rotatable bonds is 5. The van der Waals surface area contributed by atoms with Crippen molar-refractivity contribution in [1.82, 2.24) is 16.2 Å². The van der Waals surface area contributed by atoms with Crippen molar-refractivity contribution in [1.29, 1.82) is 0 Å². The van der Waals surface area contributed by atoms with E-state index in [0.717, 1.165) is 6.92 Å². The van der Waals surface area contributed by atoms with Crippen LogP contribution in [0, 0.1) is 5.82 Å². The van der Waals surface area contributed by atoms with E-state index in [1.165, 1.54) is 41.8 Å². The smallest absolute Gasteiger partial charge is 0.423 e. The standard InChI is InChI=1S/C22H19F4N3O5/c1-2-21(33,22(24,25)26)19(31)28-29-20(32)27-11-12-3-8-15-16(10-18(30)34-17(15)9-12)13-4-6-14(23)7-5-13/h3-10,33H,2,11H2,1H3,(H,28,31)(H2,27,29,32)/t21-/m0/s1. The van der Waals surface area contributed by atoms with Crippen LogP contribution in [0.25, 0.3) is 22.1 Å². The molecule has 0 saturated carbocycles. The van der Waals surface area contributed by atoms with Crippen LogP contribution < -0.4 is 21.8 Å². The Morgan fingerprint density at radius 1 is 1.03 bits per heavy atom. The zero-order valence-electron chi connectivity index (χ0n) is 17.6. The van der Waals surface area contributed by atoms with Gasteiger partial charge >= 0.3 is 17.8 Å². The molecule has 0 bridgehead atoms. The molecule has 1 atom stereocenters. The number of urea groups is 1. The quantitative estimate of drug-likeness (QED) is 0.254. The monoisotopic (exact) mass is 481 g/mol. The Hall–Kier alpha value is -3.93. The third kappa shape index (κ3) is 5.17. The van der Waals surface area contributed by atoms with E-state index in [1.807, 2.05) is 0 Å². The molecule has 3 rings (SSSR count). The largest absolute Gasteiger partial charge is 0.426 e. The van der Waals surface area contributed by atoms with Crippen molar-refractivity contribution >= 4 is 22.9 Å². The van der Waals surface area contributed by atoms with E-state index < -0.39 is 41.6 Å². The lowest BCUT2D eigenvalue weighted by Gasteiger charge is -2.27. The number of halogens is 4. The van der Waals surface area contributed by atoms with Gasteiger partial charge < -0.3 is 14.8 Å². The molecule has 0 saturated heterocycles. The van der Waals surface area contributed by atoms with E-state index in [1.54, 1.807) is 17.6 Å². The van der Waals surface area contributed by atoms with Crippen LogP contribution in [0.4, 0.5) is 22.4 Å². The van der Waals surface area contributed by atoms with Crippen molar-refractivity contribution in [3.05, 3.63) is 70.3 Å². The fraction of sp³-hybridized carbons (Fsp3) is 0.227. The van der Waals surface area contributed by atoms with Crippen molar-refractivity contribution in [2.24, 2.45) is 0 Å². The Balaban J connectivity index is 1.69. The Morgan fingerprint density at radius 3 is 2.32 bits per heavy atom. The minimum absolute atomic E-state index is 0.139. The molecule has 1 heterocycles. The molecule has 0 fully saturated rings. The lowest BCUT2D eigenvalue weighted by Crippen LogP contribution is -2.60. The predicted octanol–water partition coefficient (Wildman–Crippen LogP) is 3.13. The van der Waals surface area contributed by atoms with Gasteiger partial charge in [-0.25, -0.2) is 19.4 Å². The lowest BCUT2D eigenvalue weighted by molar-refractivity contribution is -0.252. The third-order valence-corrected chi connectivity index (χ3v) is 5.06. The number of benzene rings is 2. The van der Waals surface area contributed by atoms with Gasteiger partial charge in [0.1, 0.15) is 11.4 Å². The van der Waals surface area contributed by atoms with E-state index in [9.17, 15) is 37.1 Å². The number of aliphatic hydroxyl groups is 1. The molecule has 0 unspecified atom stereocenters. The second-order valence-corrected chi connectivity index (χ2v) is 7.29. The molecule has 12 heteroatoms. The zero-order valence-corrected chi connectivity index (χ0v) is 17.6. The minimum atomic E-state index is -5.23. The maximum atomic E-state index is 13.2. The number of amides is 3. The first-order valence-corrected chi connectivity index (χ1v) is 9.90. The van der Waals surface area contributed by atoms with E-state index in [4.69, 9.17) is 4.42 Å². The molecule has 4 N–H and O–H groups in total. The molecule has 0 spiro atoms. The van der Waals surface area contributed by atoms with E-state index in [-0.39, 0.29) is 12.1 Å². The van der Waals surface area contributed by atoms with Gasteiger partial charge in [-0.1, -0.05) is 31.2 Å². The van der Waals surface area contributed by atoms with Crippen LogP contribution in [0.15, 0.2) is 57.7 Å². The lowest BCUT2D eigenvalue weighted by atomic mass is 9.99. The SMILES string of the molecule is CC[C@](O)(C(=O)NNC(=O)NCc1ccc2c(-c3ccc(F)cc3)cc(=O)oc2c1)C(F)(F)F. The Labute approximate surface area is 189 Å². The molecule has 3 amide bonds. The summed E-state index contributed by atoms with van der Waals surface area (Å²) in [6.07, 6.45) is -6.18. The highest BCUT2D eigenvalue weighted by Crippen LogP contribution is 2.33. The molecule has 0 aliphatic rings. The summed E-state index contributed by atoms with van der Waals surface area (Å²) in [6.45, 7) is 0.826. The molecule has 1 aromatic heterocycles. The van der Waals surface area contributed by atoms with Crippen LogP contribution in [-0.2, 0) is 11.3 Å². The molecule has 3 aromatic rings. The molecule has 180 valence electrons. The van der Waals surface area contributed by atoms with Crippen LogP contribution in [0.5, 0.6) is 0 Å². The highest BCUT2D eigenvalue weighted by Gasteiger charge is 2.58. The average molecular weight is 481 g/mol. The van der Waals surface area contributed by atoms with Crippen molar-refractivity contribution < 1.29 is 36.7 Å². The van der Waals surface area contributed by atoms with Gasteiger partial charge in [0.2, 0.25) is 5.60 Å². The summed E-state index contributed by atoms with van der Waals surface area (Å²) >= 11 is 0. The van der Waals surface area contributed by atoms with Gasteiger partial charge in [-0.05, 0) is 41.3 Å². The van der Waals surface area contributed by atoms with Gasteiger partial charge in [0.15, 0.2) is 0 Å². The molecule has 34 heavy (non-hydrogen) atoms. The van der Waals surface area contributed by atoms with Gasteiger partial charge in [0, 0.05) is 18.0 Å². The zero-order chi connectivity index (χ0) is 25.1. The fourth-order valence-corrected chi connectivity index (χ4v) is 3.12. The number of carbonyl (C=O) groups is 2. The summed E-state index contributed by atoms with van der Waals surface area (Å²) in [5.74, 6) is -2.27. The van der Waals surface area contributed by atoms with Crippen molar-refractivity contribution in [3.8, 4) is 11.1 Å². The second kappa shape index (κ2) is 9.51. The number of hydrogen-bond donors (Lipinski definition) is 4. The normalized spacial score (nSPS) is 13.2. The van der Waals surface area contributed by atoms with Gasteiger partial charge in [-0.15, -0.1) is 0 Å². The summed E-state index contributed by atoms with van der Waals surface area (Å²) in [4.78, 5) is 35.5. The molecular weight excluding hydrogens is 462 g/mol. The van der Waals surface area contributed by atoms with Crippen molar-refractivity contribution in [2.75, 3.05) is 0 Å². The summed E-state index contributed by atoms with van der Waals surface area (Å²) in [7, 11) is 0. The number of nitrogens with one attached hydrogen (secondary N) is 3. The number of alkyl halides is 3. The first-order valence-electron chi connectivity index (χ1n) is 9.90. The Bertz CT molecular complexity index is 1270. The number of hydrogen-bond acceptors (Lipinski definition) is 5. The van der Waals surface area contributed by atoms with E-state index >= 15 is 0 Å². The number of fused-ring (bicyclic) bond motifs is 1. The summed E-state index contributed by atoms with van der Waals surface area (Å²) in [5, 5.41) is 12.4. The first-order chi connectivity index (χ1) is 15.9. The van der Waals surface area contributed by atoms with Crippen molar-refractivity contribution in [2.45, 2.75) is 31.7 Å². The van der Waals surface area contributed by atoms with E-state index in [0.29, 0.717) is 22.1 Å². The van der Waals surface area contributed by atoms with Gasteiger partial charge in [0.25, 0.3) is 5.91 Å². The fourth-order valence-electron chi connectivity index (χ4n) is 3.12. The Kier molecular flexibility index (Phi) is 6.91. The summed E-state index contributed by atoms with van der Waals surface area (Å²) < 4.78 is 57.0. The van der Waals surface area contributed by atoms with Crippen LogP contribution >= 0.6 is 0 Å². The van der Waals surface area contributed by atoms with E-state index in [2.05, 4.69) is 5.32 Å². The van der Waals surface area contributed by atoms with Gasteiger partial charge in [-0.3, -0.25) is 10.2 Å². The van der Waals surface area contributed by atoms with Gasteiger partial charge in [-0.2, -0.15) is 13.2 Å². The maximum Gasteiger partial charge on any atom is 0.426 e. The minimum Gasteiger partial charge on any atom is -0.423 e. The first kappa shape index (κ1) is 24.7. The molecule has 0 aliphatic heterocycles. The maximum absolute atomic E-state index is 13.2. The summed E-state index contributed by atoms with van der Waals surface area (Å²) in [5.41, 5.74) is 0.718. The molecular formula is C22H19F4N3O5. The highest BCUT2D eigenvalue weighted by atomic mass is 19.4. The predicted molar refractivity (Wildman–Crippen MR) is 113 cm³/mol. The summed E-state index contributed by atoms with van der Waals surface area (Å²) in [6, 6.07) is 10.4. The van der Waals surface area contributed by atoms with Crippen LogP contribution in [-0.4, -0.2) is 28.8 Å². The molecule has 0 aliphatic carbocycles. The van der Waals surface area contributed by atoms with Crippen LogP contribution in [0.2, 0.25) is 0 Å². The second-order valence-electron chi connectivity index (χ2n) is 7.29. The highest BCUT2D eigenvalue weighted by molar-refractivity contribution is 5.93. The van der Waals surface area contributed by atoms with Crippen molar-refractivity contribution in [3.63, 3.8) is 0 Å². The molecule has 2 aromatic carbocycles. The van der Waals surface area contributed by atoms with Crippen LogP contribution in [0.3, 0.4) is 0 Å². The third-order valence-electron chi connectivity index (χ3n) is 5.06. The average Bonchev–Trinajstić information content (AvgIpc) is 2.79. The topological polar surface area (TPSA) is 121 Å². The number of carbonyl (C=O) groups excluding carboxylic acids is 2. The number of hydrazine groups is 1. The van der Waals surface area contributed by atoms with Crippen LogP contribution in [0.1, 0.15) is 18.9 Å².